The third-order valence-corrected chi connectivity index (χ3v) is 10.3. The molecule has 4 heteroatoms. The first kappa shape index (κ1) is 27.2. The smallest absolute Gasteiger partial charge is 0.165 e. The van der Waals surface area contributed by atoms with Crippen LogP contribution in [0.4, 0.5) is 0 Å². The number of para-hydroxylation sites is 2. The highest BCUT2D eigenvalue weighted by Crippen LogP contribution is 2.42. The summed E-state index contributed by atoms with van der Waals surface area (Å²) in [7, 11) is 0. The van der Waals surface area contributed by atoms with Crippen LogP contribution in [0.5, 0.6) is 0 Å². The Morgan fingerprint density at radius 2 is 1.08 bits per heavy atom. The molecule has 8 aromatic carbocycles. The lowest BCUT2D eigenvalue weighted by atomic mass is 10.0. The maximum absolute atomic E-state index is 5.53. The molecule has 11 aromatic rings. The maximum atomic E-state index is 5.53. The molecule has 0 saturated carbocycles. The molecule has 0 unspecified atom stereocenters. The van der Waals surface area contributed by atoms with Gasteiger partial charge >= 0.3 is 0 Å². The molecule has 11 rings (SSSR count). The van der Waals surface area contributed by atoms with Gasteiger partial charge in [-0.25, -0.2) is 9.97 Å². The molecule has 0 bridgehead atoms. The zero-order valence-electron chi connectivity index (χ0n) is 27.0. The number of benzene rings is 8. The fraction of sp³-hybridized carbons (Fsp3) is 0. The van der Waals surface area contributed by atoms with Crippen LogP contribution >= 0.6 is 0 Å². The lowest BCUT2D eigenvalue weighted by Crippen LogP contribution is -2.05. The van der Waals surface area contributed by atoms with Gasteiger partial charge in [0, 0.05) is 27.1 Å². The molecule has 0 spiro atoms. The zero-order chi connectivity index (χ0) is 32.8. The van der Waals surface area contributed by atoms with Crippen molar-refractivity contribution in [2.75, 3.05) is 0 Å². The minimum Gasteiger partial charge on any atom is -0.306 e. The lowest BCUT2D eigenvalue weighted by Gasteiger charge is -2.17. The van der Waals surface area contributed by atoms with Gasteiger partial charge in [-0.2, -0.15) is 0 Å². The lowest BCUT2D eigenvalue weighted by molar-refractivity contribution is 1.07. The summed E-state index contributed by atoms with van der Waals surface area (Å²) in [5.74, 6) is 0.802. The van der Waals surface area contributed by atoms with Gasteiger partial charge in [-0.1, -0.05) is 140 Å². The number of fused-ring (bicyclic) bond motifs is 8. The maximum Gasteiger partial charge on any atom is 0.165 e. The van der Waals surface area contributed by atoms with Gasteiger partial charge in [0.25, 0.3) is 0 Å². The Bertz CT molecular complexity index is 3140. The van der Waals surface area contributed by atoms with Crippen molar-refractivity contribution in [1.82, 2.24) is 18.9 Å². The van der Waals surface area contributed by atoms with Gasteiger partial charge in [-0.15, -0.1) is 0 Å². The van der Waals surface area contributed by atoms with E-state index in [9.17, 15) is 0 Å². The summed E-state index contributed by atoms with van der Waals surface area (Å²) in [6.45, 7) is 0. The van der Waals surface area contributed by atoms with Crippen LogP contribution in [0.1, 0.15) is 0 Å². The van der Waals surface area contributed by atoms with Crippen molar-refractivity contribution in [3.05, 3.63) is 170 Å². The summed E-state index contributed by atoms with van der Waals surface area (Å²) >= 11 is 0. The SMILES string of the molecule is c1ccc(-c2ccc3c4ccc5cccc6c5c4n(c3c2)c2ccccc2n6-c2nc3ccc4ccccc4c3nc2-c2ccccc2)cc1. The van der Waals surface area contributed by atoms with Crippen LogP contribution in [-0.4, -0.2) is 18.9 Å². The van der Waals surface area contributed by atoms with Gasteiger partial charge in [0.15, 0.2) is 5.82 Å². The Kier molecular flexibility index (Phi) is 5.63. The van der Waals surface area contributed by atoms with E-state index in [1.807, 2.05) is 0 Å². The molecule has 4 nitrogen and oxygen atoms in total. The molecule has 3 aromatic heterocycles. The number of hydrogen-bond acceptors (Lipinski definition) is 2. The third-order valence-electron chi connectivity index (χ3n) is 10.3. The second-order valence-electron chi connectivity index (χ2n) is 13.0. The summed E-state index contributed by atoms with van der Waals surface area (Å²) in [4.78, 5) is 11.0. The minimum atomic E-state index is 0.802. The van der Waals surface area contributed by atoms with Crippen LogP contribution in [0.3, 0.4) is 0 Å². The van der Waals surface area contributed by atoms with E-state index in [1.165, 1.54) is 43.7 Å². The fourth-order valence-corrected chi connectivity index (χ4v) is 8.03. The molecule has 0 amide bonds. The van der Waals surface area contributed by atoms with Crippen molar-refractivity contribution in [2.24, 2.45) is 0 Å². The predicted octanol–water partition coefficient (Wildman–Crippen LogP) is 11.8. The molecule has 0 aliphatic rings. The molecule has 0 saturated heterocycles. The van der Waals surface area contributed by atoms with Gasteiger partial charge in [-0.3, -0.25) is 4.57 Å². The first-order valence-electron chi connectivity index (χ1n) is 17.0. The van der Waals surface area contributed by atoms with Gasteiger partial charge in [0.1, 0.15) is 5.69 Å². The van der Waals surface area contributed by atoms with E-state index in [2.05, 4.69) is 179 Å². The second kappa shape index (κ2) is 10.4. The van der Waals surface area contributed by atoms with Crippen molar-refractivity contribution in [3.63, 3.8) is 0 Å². The van der Waals surface area contributed by atoms with Gasteiger partial charge < -0.3 is 4.40 Å². The van der Waals surface area contributed by atoms with Crippen molar-refractivity contribution in [2.45, 2.75) is 0 Å². The highest BCUT2D eigenvalue weighted by Gasteiger charge is 2.22. The van der Waals surface area contributed by atoms with E-state index in [1.54, 1.807) is 0 Å². The quantitative estimate of drug-likeness (QED) is 0.181. The van der Waals surface area contributed by atoms with Crippen molar-refractivity contribution in [3.8, 4) is 28.2 Å². The van der Waals surface area contributed by atoms with Crippen molar-refractivity contribution < 1.29 is 0 Å². The Labute approximate surface area is 287 Å². The summed E-state index contributed by atoms with van der Waals surface area (Å²) < 4.78 is 4.82. The number of rotatable bonds is 3. The monoisotopic (exact) mass is 636 g/mol. The van der Waals surface area contributed by atoms with E-state index in [4.69, 9.17) is 9.97 Å². The molecule has 3 heterocycles. The van der Waals surface area contributed by atoms with Crippen LogP contribution in [0, 0.1) is 0 Å². The van der Waals surface area contributed by atoms with Gasteiger partial charge in [0.2, 0.25) is 0 Å². The van der Waals surface area contributed by atoms with E-state index in [0.717, 1.165) is 55.4 Å². The first-order valence-corrected chi connectivity index (χ1v) is 17.0. The van der Waals surface area contributed by atoms with Crippen LogP contribution in [0.2, 0.25) is 0 Å². The molecule has 0 fully saturated rings. The molecule has 0 aliphatic carbocycles. The largest absolute Gasteiger partial charge is 0.306 e. The molecule has 232 valence electrons. The fourth-order valence-electron chi connectivity index (χ4n) is 8.03. The highest BCUT2D eigenvalue weighted by atomic mass is 15.1. The first-order chi connectivity index (χ1) is 24.8. The molecule has 0 N–H and O–H groups in total. The molecule has 0 aliphatic heterocycles. The summed E-state index contributed by atoms with van der Waals surface area (Å²) in [6.07, 6.45) is 0. The van der Waals surface area contributed by atoms with Crippen LogP contribution in [0.15, 0.2) is 170 Å². The standard InChI is InChI=1S/C46H28N4/c1-3-12-29(13-4-1)33-23-25-35-36-26-22-31-17-11-21-40-42(31)45(36)49(41(35)28-33)38-19-9-10-20-39(38)50(40)46-43(32-15-5-2-6-16-32)48-44-34-18-8-7-14-30(34)24-27-37(44)47-46/h1-28H. The Balaban J connectivity index is 1.37. The predicted molar refractivity (Wildman–Crippen MR) is 208 cm³/mol. The summed E-state index contributed by atoms with van der Waals surface area (Å²) in [5.41, 5.74) is 11.6. The molecular weight excluding hydrogens is 609 g/mol. The Morgan fingerprint density at radius 1 is 0.400 bits per heavy atom. The third kappa shape index (κ3) is 3.81. The average Bonchev–Trinajstić information content (AvgIpc) is 3.45. The van der Waals surface area contributed by atoms with Crippen molar-refractivity contribution >= 4 is 70.9 Å². The number of hydrogen-bond donors (Lipinski definition) is 0. The van der Waals surface area contributed by atoms with Gasteiger partial charge in [-0.05, 0) is 52.2 Å². The van der Waals surface area contributed by atoms with Crippen molar-refractivity contribution in [1.29, 1.82) is 0 Å². The molecular formula is C46H28N4. The van der Waals surface area contributed by atoms with E-state index in [-0.39, 0.29) is 0 Å². The van der Waals surface area contributed by atoms with E-state index >= 15 is 0 Å². The average molecular weight is 637 g/mol. The Hall–Kier alpha value is -6.78. The summed E-state index contributed by atoms with van der Waals surface area (Å²) in [5, 5.41) is 7.09. The number of aromatic nitrogens is 4. The van der Waals surface area contributed by atoms with E-state index < -0.39 is 0 Å². The topological polar surface area (TPSA) is 35.1 Å². The highest BCUT2D eigenvalue weighted by molar-refractivity contribution is 6.24. The minimum absolute atomic E-state index is 0.802. The second-order valence-corrected chi connectivity index (χ2v) is 13.0. The molecule has 50 heavy (non-hydrogen) atoms. The van der Waals surface area contributed by atoms with Crippen LogP contribution in [-0.2, 0) is 0 Å². The molecule has 0 atom stereocenters. The normalized spacial score (nSPS) is 12.0. The summed E-state index contributed by atoms with van der Waals surface area (Å²) in [6, 6.07) is 60.6. The molecule has 0 radical (unpaired) electrons. The Morgan fingerprint density at radius 3 is 1.94 bits per heavy atom. The van der Waals surface area contributed by atoms with Gasteiger partial charge in [0.05, 0.1) is 38.6 Å². The number of nitrogens with zero attached hydrogens (tertiary/aromatic N) is 4. The van der Waals surface area contributed by atoms with E-state index in [0.29, 0.717) is 0 Å². The zero-order valence-corrected chi connectivity index (χ0v) is 27.0. The van der Waals surface area contributed by atoms with Crippen LogP contribution < -0.4 is 0 Å². The van der Waals surface area contributed by atoms with Crippen LogP contribution in [0.25, 0.3) is 99.1 Å².